The number of amides is 1. The van der Waals surface area contributed by atoms with E-state index in [1.807, 2.05) is 0 Å². The predicted molar refractivity (Wildman–Crippen MR) is 87.7 cm³/mol. The van der Waals surface area contributed by atoms with E-state index in [2.05, 4.69) is 10.5 Å². The number of hydrogen-bond donors (Lipinski definition) is 2. The van der Waals surface area contributed by atoms with Crippen molar-refractivity contribution in [1.29, 1.82) is 0 Å². The van der Waals surface area contributed by atoms with Crippen LogP contribution in [0, 0.1) is 10.1 Å². The van der Waals surface area contributed by atoms with Crippen LogP contribution in [0.5, 0.6) is 5.75 Å². The standard InChI is InChI=1S/C16H13N3O6/c20-15(10-25-14-3-1-2-13(8-14)19(23)24)18-17-9-11-4-6-12(7-5-11)16(21)22/h1-9H,10H2,(H,18,20)(H,21,22). The largest absolute Gasteiger partial charge is 0.483 e. The van der Waals surface area contributed by atoms with Gasteiger partial charge in [0, 0.05) is 6.07 Å². The zero-order valence-corrected chi connectivity index (χ0v) is 12.8. The number of non-ortho nitro benzene ring substituents is 1. The summed E-state index contributed by atoms with van der Waals surface area (Å²) >= 11 is 0. The van der Waals surface area contributed by atoms with Crippen molar-refractivity contribution in [3.05, 3.63) is 69.8 Å². The van der Waals surface area contributed by atoms with Crippen molar-refractivity contribution in [1.82, 2.24) is 5.43 Å². The predicted octanol–water partition coefficient (Wildman–Crippen LogP) is 1.82. The van der Waals surface area contributed by atoms with Gasteiger partial charge < -0.3 is 9.84 Å². The lowest BCUT2D eigenvalue weighted by Crippen LogP contribution is -2.24. The van der Waals surface area contributed by atoms with Crippen LogP contribution in [0.1, 0.15) is 15.9 Å². The highest BCUT2D eigenvalue weighted by Gasteiger charge is 2.07. The van der Waals surface area contributed by atoms with Crippen molar-refractivity contribution < 1.29 is 24.4 Å². The molecule has 2 aromatic rings. The molecule has 0 aliphatic heterocycles. The second-order valence-corrected chi connectivity index (χ2v) is 4.76. The minimum absolute atomic E-state index is 0.138. The van der Waals surface area contributed by atoms with Gasteiger partial charge >= 0.3 is 5.97 Å². The molecule has 9 nitrogen and oxygen atoms in total. The van der Waals surface area contributed by atoms with Gasteiger partial charge in [-0.15, -0.1) is 0 Å². The van der Waals surface area contributed by atoms with Crippen molar-refractivity contribution in [3.63, 3.8) is 0 Å². The van der Waals surface area contributed by atoms with Crippen LogP contribution in [0.4, 0.5) is 5.69 Å². The van der Waals surface area contributed by atoms with E-state index in [4.69, 9.17) is 9.84 Å². The van der Waals surface area contributed by atoms with Crippen molar-refractivity contribution >= 4 is 23.8 Å². The molecule has 0 bridgehead atoms. The molecular formula is C16H13N3O6. The number of hydrogen-bond acceptors (Lipinski definition) is 6. The number of carbonyl (C=O) groups excluding carboxylic acids is 1. The van der Waals surface area contributed by atoms with Crippen LogP contribution in [0.25, 0.3) is 0 Å². The summed E-state index contributed by atoms with van der Waals surface area (Å²) in [5, 5.41) is 23.1. The quantitative estimate of drug-likeness (QED) is 0.448. The number of nitrogens with one attached hydrogen (secondary N) is 1. The number of carboxylic acids is 1. The van der Waals surface area contributed by atoms with Crippen LogP contribution in [-0.2, 0) is 4.79 Å². The summed E-state index contributed by atoms with van der Waals surface area (Å²) in [6, 6.07) is 11.4. The summed E-state index contributed by atoms with van der Waals surface area (Å²) in [4.78, 5) is 32.4. The first-order chi connectivity index (χ1) is 12.0. The SMILES string of the molecule is O=C(COc1cccc([N+](=O)[O-])c1)NN=Cc1ccc(C(=O)O)cc1. The lowest BCUT2D eigenvalue weighted by atomic mass is 10.1. The van der Waals surface area contributed by atoms with Crippen molar-refractivity contribution in [3.8, 4) is 5.75 Å². The maximum Gasteiger partial charge on any atom is 0.335 e. The summed E-state index contributed by atoms with van der Waals surface area (Å²) in [7, 11) is 0. The van der Waals surface area contributed by atoms with Gasteiger partial charge in [0.2, 0.25) is 0 Å². The van der Waals surface area contributed by atoms with Crippen LogP contribution in [0.2, 0.25) is 0 Å². The van der Waals surface area contributed by atoms with E-state index in [-0.39, 0.29) is 23.6 Å². The molecule has 2 N–H and O–H groups in total. The fourth-order valence-electron chi connectivity index (χ4n) is 1.76. The Hall–Kier alpha value is -3.75. The number of nitro benzene ring substituents is 1. The second-order valence-electron chi connectivity index (χ2n) is 4.76. The number of nitro groups is 1. The fourth-order valence-corrected chi connectivity index (χ4v) is 1.76. The molecule has 0 heterocycles. The van der Waals surface area contributed by atoms with Gasteiger partial charge in [0.1, 0.15) is 5.75 Å². The molecule has 1 amide bonds. The number of rotatable bonds is 7. The molecule has 0 spiro atoms. The maximum absolute atomic E-state index is 11.6. The lowest BCUT2D eigenvalue weighted by molar-refractivity contribution is -0.384. The summed E-state index contributed by atoms with van der Waals surface area (Å²) < 4.78 is 5.15. The molecule has 0 fully saturated rings. The number of carbonyl (C=O) groups is 2. The summed E-state index contributed by atoms with van der Waals surface area (Å²) in [6.45, 7) is -0.365. The third kappa shape index (κ3) is 5.43. The van der Waals surface area contributed by atoms with Crippen LogP contribution >= 0.6 is 0 Å². The van der Waals surface area contributed by atoms with Gasteiger partial charge in [0.25, 0.3) is 11.6 Å². The molecule has 2 aromatic carbocycles. The van der Waals surface area contributed by atoms with Crippen molar-refractivity contribution in [2.75, 3.05) is 6.61 Å². The Bertz CT molecular complexity index is 817. The Morgan fingerprint density at radius 2 is 1.96 bits per heavy atom. The average Bonchev–Trinajstić information content (AvgIpc) is 2.60. The van der Waals surface area contributed by atoms with Crippen LogP contribution < -0.4 is 10.2 Å². The zero-order chi connectivity index (χ0) is 18.2. The molecule has 25 heavy (non-hydrogen) atoms. The Labute approximate surface area is 141 Å². The van der Waals surface area contributed by atoms with Gasteiger partial charge in [-0.2, -0.15) is 5.10 Å². The van der Waals surface area contributed by atoms with Gasteiger partial charge in [0.05, 0.1) is 22.8 Å². The molecule has 0 aliphatic rings. The van der Waals surface area contributed by atoms with E-state index >= 15 is 0 Å². The number of hydrazone groups is 1. The van der Waals surface area contributed by atoms with E-state index in [9.17, 15) is 19.7 Å². The zero-order valence-electron chi connectivity index (χ0n) is 12.8. The van der Waals surface area contributed by atoms with Crippen LogP contribution in [-0.4, -0.2) is 34.7 Å². The van der Waals surface area contributed by atoms with Crippen molar-refractivity contribution in [2.24, 2.45) is 5.10 Å². The molecule has 0 saturated carbocycles. The molecule has 2 rings (SSSR count). The van der Waals surface area contributed by atoms with E-state index in [1.54, 1.807) is 12.1 Å². The third-order valence-electron chi connectivity index (χ3n) is 2.96. The maximum atomic E-state index is 11.6. The number of carboxylic acid groups (broad SMARTS) is 1. The monoisotopic (exact) mass is 343 g/mol. The van der Waals surface area contributed by atoms with Gasteiger partial charge in [0.15, 0.2) is 6.61 Å². The molecule has 0 aromatic heterocycles. The normalized spacial score (nSPS) is 10.4. The van der Waals surface area contributed by atoms with E-state index in [0.717, 1.165) is 0 Å². The number of nitrogens with zero attached hydrogens (tertiary/aromatic N) is 2. The number of aromatic carboxylic acids is 1. The smallest absolute Gasteiger partial charge is 0.335 e. The first-order valence-corrected chi connectivity index (χ1v) is 6.98. The first-order valence-electron chi connectivity index (χ1n) is 6.98. The molecule has 0 unspecified atom stereocenters. The van der Waals surface area contributed by atoms with E-state index in [1.165, 1.54) is 42.6 Å². The van der Waals surface area contributed by atoms with Crippen LogP contribution in [0.3, 0.4) is 0 Å². The summed E-state index contributed by atoms with van der Waals surface area (Å²) in [6.07, 6.45) is 1.34. The number of benzene rings is 2. The molecule has 0 aliphatic carbocycles. The van der Waals surface area contributed by atoms with Gasteiger partial charge in [-0.25, -0.2) is 10.2 Å². The highest BCUT2D eigenvalue weighted by molar-refractivity contribution is 5.89. The fraction of sp³-hybridized carbons (Fsp3) is 0.0625. The topological polar surface area (TPSA) is 131 Å². The average molecular weight is 343 g/mol. The van der Waals surface area contributed by atoms with E-state index in [0.29, 0.717) is 5.56 Å². The molecule has 0 radical (unpaired) electrons. The molecule has 128 valence electrons. The van der Waals surface area contributed by atoms with Crippen LogP contribution in [0.15, 0.2) is 53.6 Å². The second kappa shape index (κ2) is 8.20. The van der Waals surface area contributed by atoms with Crippen molar-refractivity contribution in [2.45, 2.75) is 0 Å². The third-order valence-corrected chi connectivity index (χ3v) is 2.96. The molecule has 9 heteroatoms. The van der Waals surface area contributed by atoms with Gasteiger partial charge in [-0.1, -0.05) is 18.2 Å². The Morgan fingerprint density at radius 1 is 1.24 bits per heavy atom. The summed E-state index contributed by atoms with van der Waals surface area (Å²) in [5.41, 5.74) is 2.84. The highest BCUT2D eigenvalue weighted by atomic mass is 16.6. The number of ether oxygens (including phenoxy) is 1. The Morgan fingerprint density at radius 3 is 2.60 bits per heavy atom. The van der Waals surface area contributed by atoms with Gasteiger partial charge in [-0.3, -0.25) is 14.9 Å². The Balaban J connectivity index is 1.83. The minimum Gasteiger partial charge on any atom is -0.483 e. The molecule has 0 saturated heterocycles. The highest BCUT2D eigenvalue weighted by Crippen LogP contribution is 2.18. The first kappa shape index (κ1) is 17.6. The van der Waals surface area contributed by atoms with E-state index < -0.39 is 16.8 Å². The Kier molecular flexibility index (Phi) is 5.77. The van der Waals surface area contributed by atoms with Gasteiger partial charge in [-0.05, 0) is 23.8 Å². The summed E-state index contributed by atoms with van der Waals surface area (Å²) in [5.74, 6) is -1.39. The lowest BCUT2D eigenvalue weighted by Gasteiger charge is -2.04. The minimum atomic E-state index is -1.03. The molecular weight excluding hydrogens is 330 g/mol. The molecule has 0 atom stereocenters.